The predicted molar refractivity (Wildman–Crippen MR) is 112 cm³/mol. The van der Waals surface area contributed by atoms with E-state index >= 15 is 0 Å². The Morgan fingerprint density at radius 1 is 0.963 bits per heavy atom. The second-order valence-corrected chi connectivity index (χ2v) is 7.95. The van der Waals surface area contributed by atoms with Crippen LogP contribution in [0.4, 0.5) is 0 Å². The molecule has 2 heteroatoms. The zero-order valence-electron chi connectivity index (χ0n) is 16.3. The molecule has 1 aliphatic carbocycles. The van der Waals surface area contributed by atoms with Crippen molar-refractivity contribution in [2.45, 2.75) is 39.0 Å². The summed E-state index contributed by atoms with van der Waals surface area (Å²) in [7, 11) is 0. The van der Waals surface area contributed by atoms with E-state index in [1.54, 1.807) is 6.92 Å². The third-order valence-electron chi connectivity index (χ3n) is 6.24. The van der Waals surface area contributed by atoms with E-state index < -0.39 is 0 Å². The van der Waals surface area contributed by atoms with Crippen LogP contribution < -0.4 is 0 Å². The van der Waals surface area contributed by atoms with Crippen molar-refractivity contribution in [1.29, 1.82) is 0 Å². The zero-order chi connectivity index (χ0) is 18.6. The molecule has 4 rings (SSSR count). The summed E-state index contributed by atoms with van der Waals surface area (Å²) in [6.45, 7) is 4.94. The van der Waals surface area contributed by atoms with Gasteiger partial charge in [-0.2, -0.15) is 0 Å². The van der Waals surface area contributed by atoms with E-state index in [4.69, 9.17) is 0 Å². The molecule has 1 heterocycles. The summed E-state index contributed by atoms with van der Waals surface area (Å²) in [6, 6.07) is 17.8. The van der Waals surface area contributed by atoms with Crippen LogP contribution in [0.3, 0.4) is 0 Å². The molecule has 2 aromatic carbocycles. The molecule has 1 saturated heterocycles. The molecule has 0 amide bonds. The van der Waals surface area contributed by atoms with Gasteiger partial charge in [-0.3, -0.25) is 4.79 Å². The smallest absolute Gasteiger partial charge is 0.133 e. The van der Waals surface area contributed by atoms with Crippen LogP contribution in [0.5, 0.6) is 0 Å². The lowest BCUT2D eigenvalue weighted by atomic mass is 9.92. The number of benzene rings is 2. The number of rotatable bonds is 4. The van der Waals surface area contributed by atoms with Crippen LogP contribution in [-0.4, -0.2) is 30.3 Å². The SMILES string of the molecule is CC(=O)C1CCN(CCC=C2c3ccccc3CCc3ccccc32)CC1. The molecule has 0 unspecified atom stereocenters. The van der Waals surface area contributed by atoms with Gasteiger partial charge in [0.25, 0.3) is 0 Å². The highest BCUT2D eigenvalue weighted by Gasteiger charge is 2.22. The second kappa shape index (κ2) is 8.22. The van der Waals surface area contributed by atoms with Crippen molar-refractivity contribution in [2.24, 2.45) is 5.92 Å². The van der Waals surface area contributed by atoms with Crippen molar-refractivity contribution in [1.82, 2.24) is 4.90 Å². The number of aryl methyl sites for hydroxylation is 2. The maximum atomic E-state index is 11.6. The summed E-state index contributed by atoms with van der Waals surface area (Å²) in [4.78, 5) is 14.1. The van der Waals surface area contributed by atoms with Gasteiger partial charge in [-0.1, -0.05) is 54.6 Å². The van der Waals surface area contributed by atoms with Gasteiger partial charge >= 0.3 is 0 Å². The Hall–Kier alpha value is -2.19. The fourth-order valence-electron chi connectivity index (χ4n) is 4.59. The molecule has 0 atom stereocenters. The van der Waals surface area contributed by atoms with E-state index in [0.29, 0.717) is 11.7 Å². The first kappa shape index (κ1) is 18.2. The molecule has 0 aromatic heterocycles. The molecule has 0 bridgehead atoms. The maximum Gasteiger partial charge on any atom is 0.133 e. The molecule has 1 fully saturated rings. The fraction of sp³-hybridized carbons (Fsp3) is 0.400. The third-order valence-corrected chi connectivity index (χ3v) is 6.24. The van der Waals surface area contributed by atoms with Crippen LogP contribution in [0.15, 0.2) is 54.6 Å². The van der Waals surface area contributed by atoms with E-state index in [9.17, 15) is 4.79 Å². The van der Waals surface area contributed by atoms with Gasteiger partial charge in [0, 0.05) is 12.5 Å². The Morgan fingerprint density at radius 2 is 1.52 bits per heavy atom. The summed E-state index contributed by atoms with van der Waals surface area (Å²) in [5, 5.41) is 0. The van der Waals surface area contributed by atoms with Crippen molar-refractivity contribution < 1.29 is 4.79 Å². The van der Waals surface area contributed by atoms with Gasteiger partial charge < -0.3 is 4.90 Å². The summed E-state index contributed by atoms with van der Waals surface area (Å²) in [5.74, 6) is 0.656. The second-order valence-electron chi connectivity index (χ2n) is 7.95. The predicted octanol–water partition coefficient (Wildman–Crippen LogP) is 4.91. The lowest BCUT2D eigenvalue weighted by Gasteiger charge is -2.30. The minimum atomic E-state index is 0.292. The molecule has 1 aliphatic heterocycles. The normalized spacial score (nSPS) is 17.7. The Kier molecular flexibility index (Phi) is 5.54. The van der Waals surface area contributed by atoms with Crippen LogP contribution in [0.2, 0.25) is 0 Å². The first-order chi connectivity index (χ1) is 13.2. The van der Waals surface area contributed by atoms with E-state index in [-0.39, 0.29) is 0 Å². The number of likely N-dealkylation sites (tertiary alicyclic amines) is 1. The highest BCUT2D eigenvalue weighted by atomic mass is 16.1. The summed E-state index contributed by atoms with van der Waals surface area (Å²) >= 11 is 0. The Balaban J connectivity index is 1.52. The van der Waals surface area contributed by atoms with E-state index in [2.05, 4.69) is 59.5 Å². The fourth-order valence-corrected chi connectivity index (χ4v) is 4.59. The van der Waals surface area contributed by atoms with Crippen LogP contribution >= 0.6 is 0 Å². The number of ketones is 1. The monoisotopic (exact) mass is 359 g/mol. The number of carbonyl (C=O) groups excluding carboxylic acids is 1. The largest absolute Gasteiger partial charge is 0.303 e. The zero-order valence-corrected chi connectivity index (χ0v) is 16.3. The molecular weight excluding hydrogens is 330 g/mol. The Bertz CT molecular complexity index is 793. The molecule has 2 aliphatic rings. The van der Waals surface area contributed by atoms with Crippen LogP contribution in [0.1, 0.15) is 48.4 Å². The van der Waals surface area contributed by atoms with Crippen LogP contribution in [0.25, 0.3) is 5.57 Å². The van der Waals surface area contributed by atoms with Crippen molar-refractivity contribution in [2.75, 3.05) is 19.6 Å². The summed E-state index contributed by atoms with van der Waals surface area (Å²) < 4.78 is 0. The topological polar surface area (TPSA) is 20.3 Å². The number of fused-ring (bicyclic) bond motifs is 2. The van der Waals surface area contributed by atoms with Crippen molar-refractivity contribution in [3.8, 4) is 0 Å². The standard InChI is InChI=1S/C25H29NO/c1-19(27)20-14-17-26(18-15-20)16-6-11-25-23-9-4-2-7-21(23)12-13-22-8-3-5-10-24(22)25/h2-5,7-11,20H,6,12-18H2,1H3. The molecule has 0 N–H and O–H groups in total. The first-order valence-electron chi connectivity index (χ1n) is 10.3. The highest BCUT2D eigenvalue weighted by Crippen LogP contribution is 2.33. The summed E-state index contributed by atoms with van der Waals surface area (Å²) in [6.07, 6.45) is 7.78. The van der Waals surface area contributed by atoms with E-state index in [1.807, 2.05) is 0 Å². The molecular formula is C25H29NO. The number of nitrogens with zero attached hydrogens (tertiary/aromatic N) is 1. The van der Waals surface area contributed by atoms with Gasteiger partial charge in [-0.05, 0) is 79.9 Å². The average molecular weight is 360 g/mol. The van der Waals surface area contributed by atoms with Gasteiger partial charge in [0.05, 0.1) is 0 Å². The molecule has 0 radical (unpaired) electrons. The lowest BCUT2D eigenvalue weighted by Crippen LogP contribution is -2.36. The molecule has 2 nitrogen and oxygen atoms in total. The van der Waals surface area contributed by atoms with Crippen LogP contribution in [0, 0.1) is 5.92 Å². The minimum Gasteiger partial charge on any atom is -0.303 e. The highest BCUT2D eigenvalue weighted by molar-refractivity contribution is 5.83. The Labute approximate surface area is 162 Å². The van der Waals surface area contributed by atoms with E-state index in [0.717, 1.165) is 51.7 Å². The number of carbonyl (C=O) groups is 1. The third kappa shape index (κ3) is 4.06. The minimum absolute atomic E-state index is 0.292. The molecule has 27 heavy (non-hydrogen) atoms. The maximum absolute atomic E-state index is 11.6. The Morgan fingerprint density at radius 3 is 2.07 bits per heavy atom. The lowest BCUT2D eigenvalue weighted by molar-refractivity contribution is -0.122. The average Bonchev–Trinajstić information content (AvgIpc) is 2.86. The van der Waals surface area contributed by atoms with Crippen molar-refractivity contribution in [3.63, 3.8) is 0 Å². The van der Waals surface area contributed by atoms with Gasteiger partial charge in [-0.15, -0.1) is 0 Å². The van der Waals surface area contributed by atoms with Crippen LogP contribution in [-0.2, 0) is 17.6 Å². The molecule has 2 aromatic rings. The molecule has 0 spiro atoms. The number of Topliss-reactive ketones (excluding diaryl/α,β-unsaturated/α-hetero) is 1. The van der Waals surface area contributed by atoms with Gasteiger partial charge in [0.2, 0.25) is 0 Å². The van der Waals surface area contributed by atoms with Crippen molar-refractivity contribution in [3.05, 3.63) is 76.9 Å². The first-order valence-corrected chi connectivity index (χ1v) is 10.3. The van der Waals surface area contributed by atoms with Crippen molar-refractivity contribution >= 4 is 11.4 Å². The molecule has 0 saturated carbocycles. The number of piperidine rings is 1. The molecule has 140 valence electrons. The summed E-state index contributed by atoms with van der Waals surface area (Å²) in [5.41, 5.74) is 7.12. The van der Waals surface area contributed by atoms with Gasteiger partial charge in [0.1, 0.15) is 5.78 Å². The van der Waals surface area contributed by atoms with E-state index in [1.165, 1.54) is 27.8 Å². The number of hydrogen-bond acceptors (Lipinski definition) is 2. The van der Waals surface area contributed by atoms with Gasteiger partial charge in [-0.25, -0.2) is 0 Å². The van der Waals surface area contributed by atoms with Gasteiger partial charge in [0.15, 0.2) is 0 Å². The number of hydrogen-bond donors (Lipinski definition) is 0. The quantitative estimate of drug-likeness (QED) is 0.773.